The van der Waals surface area contributed by atoms with Gasteiger partial charge in [0.05, 0.1) is 0 Å². The number of nitrogens with one attached hydrogen (secondary N) is 2. The van der Waals surface area contributed by atoms with Crippen molar-refractivity contribution in [2.24, 2.45) is 0 Å². The SMILES string of the molecule is CC(C)(C)OC(=O)N1CC(N2CC(S(=O)(=O)NC(=O)Nc3c4c(cc5c3CCC5)CCC4)C2)C1. The first-order valence-corrected chi connectivity index (χ1v) is 13.8. The van der Waals surface area contributed by atoms with Crippen molar-refractivity contribution in [1.82, 2.24) is 14.5 Å². The molecule has 0 aromatic heterocycles. The number of aryl methyl sites for hydroxylation is 2. The molecule has 10 heteroatoms. The van der Waals surface area contributed by atoms with Gasteiger partial charge in [-0.15, -0.1) is 0 Å². The van der Waals surface area contributed by atoms with Crippen molar-refractivity contribution in [3.8, 4) is 0 Å². The third-order valence-electron chi connectivity index (χ3n) is 7.29. The fraction of sp³-hybridized carbons (Fsp3) is 0.667. The van der Waals surface area contributed by atoms with Crippen LogP contribution >= 0.6 is 0 Å². The zero-order chi connectivity index (χ0) is 24.3. The van der Waals surface area contributed by atoms with Crippen LogP contribution in [0.25, 0.3) is 0 Å². The molecule has 2 heterocycles. The lowest BCUT2D eigenvalue weighted by Crippen LogP contribution is -2.69. The van der Waals surface area contributed by atoms with Crippen LogP contribution in [0.3, 0.4) is 0 Å². The van der Waals surface area contributed by atoms with Crippen molar-refractivity contribution in [3.63, 3.8) is 0 Å². The molecule has 0 radical (unpaired) electrons. The predicted octanol–water partition coefficient (Wildman–Crippen LogP) is 2.42. The zero-order valence-electron chi connectivity index (χ0n) is 20.1. The van der Waals surface area contributed by atoms with Crippen molar-refractivity contribution in [2.45, 2.75) is 76.2 Å². The second-order valence-electron chi connectivity index (χ2n) is 11.0. The molecule has 1 aromatic carbocycles. The third-order valence-corrected chi connectivity index (χ3v) is 8.94. The number of carbonyl (C=O) groups is 2. The number of fused-ring (bicyclic) bond motifs is 2. The van der Waals surface area contributed by atoms with Crippen LogP contribution in [0.5, 0.6) is 0 Å². The highest BCUT2D eigenvalue weighted by molar-refractivity contribution is 7.90. The number of likely N-dealkylation sites (tertiary alicyclic amines) is 2. The Morgan fingerprint density at radius 3 is 2.12 bits per heavy atom. The Morgan fingerprint density at radius 1 is 0.971 bits per heavy atom. The van der Waals surface area contributed by atoms with Crippen LogP contribution in [0.2, 0.25) is 0 Å². The number of carbonyl (C=O) groups excluding carboxylic acids is 2. The number of hydrogen-bond donors (Lipinski definition) is 2. The summed E-state index contributed by atoms with van der Waals surface area (Å²) in [6.45, 7) is 7.24. The first-order valence-electron chi connectivity index (χ1n) is 12.2. The van der Waals surface area contributed by atoms with Crippen LogP contribution in [0.15, 0.2) is 6.07 Å². The Bertz CT molecular complexity index is 1080. The van der Waals surface area contributed by atoms with Crippen LogP contribution in [-0.2, 0) is 40.4 Å². The summed E-state index contributed by atoms with van der Waals surface area (Å²) in [6, 6.07) is 1.73. The quantitative estimate of drug-likeness (QED) is 0.671. The van der Waals surface area contributed by atoms with Crippen molar-refractivity contribution < 1.29 is 22.7 Å². The van der Waals surface area contributed by atoms with Crippen molar-refractivity contribution in [2.75, 3.05) is 31.5 Å². The summed E-state index contributed by atoms with van der Waals surface area (Å²) < 4.78 is 33.2. The van der Waals surface area contributed by atoms with Crippen LogP contribution in [0.1, 0.15) is 55.9 Å². The maximum atomic E-state index is 12.8. The van der Waals surface area contributed by atoms with Gasteiger partial charge in [0, 0.05) is 37.9 Å². The lowest BCUT2D eigenvalue weighted by atomic mass is 9.99. The summed E-state index contributed by atoms with van der Waals surface area (Å²) in [4.78, 5) is 28.5. The maximum absolute atomic E-state index is 12.8. The van der Waals surface area contributed by atoms with E-state index < -0.39 is 26.9 Å². The number of anilines is 1. The second-order valence-corrected chi connectivity index (χ2v) is 12.9. The lowest BCUT2D eigenvalue weighted by Gasteiger charge is -2.51. The molecule has 4 aliphatic rings. The molecule has 2 aliphatic heterocycles. The van der Waals surface area contributed by atoms with Crippen molar-refractivity contribution >= 4 is 27.8 Å². The summed E-state index contributed by atoms with van der Waals surface area (Å²) >= 11 is 0. The van der Waals surface area contributed by atoms with E-state index in [2.05, 4.69) is 16.1 Å². The molecule has 0 atom stereocenters. The van der Waals surface area contributed by atoms with E-state index in [1.54, 1.807) is 4.90 Å². The average molecular weight is 491 g/mol. The smallest absolute Gasteiger partial charge is 0.410 e. The summed E-state index contributed by atoms with van der Waals surface area (Å²) in [7, 11) is -3.78. The third kappa shape index (κ3) is 4.49. The molecule has 2 N–H and O–H groups in total. The largest absolute Gasteiger partial charge is 0.444 e. The number of sulfonamides is 1. The highest BCUT2D eigenvalue weighted by atomic mass is 32.2. The van der Waals surface area contributed by atoms with Gasteiger partial charge in [-0.3, -0.25) is 4.90 Å². The number of nitrogens with zero attached hydrogens (tertiary/aromatic N) is 2. The second kappa shape index (κ2) is 8.41. The molecule has 186 valence electrons. The van der Waals surface area contributed by atoms with Gasteiger partial charge in [-0.1, -0.05) is 6.07 Å². The molecule has 0 spiro atoms. The van der Waals surface area contributed by atoms with E-state index in [4.69, 9.17) is 4.74 Å². The molecule has 0 saturated carbocycles. The first-order chi connectivity index (χ1) is 16.0. The lowest BCUT2D eigenvalue weighted by molar-refractivity contribution is -0.0274. The number of rotatable bonds is 4. The minimum Gasteiger partial charge on any atom is -0.444 e. The minimum atomic E-state index is -3.78. The van der Waals surface area contributed by atoms with Crippen molar-refractivity contribution in [3.05, 3.63) is 28.3 Å². The highest BCUT2D eigenvalue weighted by Gasteiger charge is 2.46. The van der Waals surface area contributed by atoms with Gasteiger partial charge < -0.3 is 15.0 Å². The van der Waals surface area contributed by atoms with E-state index >= 15 is 0 Å². The van der Waals surface area contributed by atoms with E-state index in [0.717, 1.165) is 44.2 Å². The molecule has 5 rings (SSSR count). The van der Waals surface area contributed by atoms with Gasteiger partial charge in [0.2, 0.25) is 10.0 Å². The number of amides is 3. The van der Waals surface area contributed by atoms with Gasteiger partial charge in [-0.2, -0.15) is 0 Å². The summed E-state index contributed by atoms with van der Waals surface area (Å²) in [5.41, 5.74) is 5.21. The van der Waals surface area contributed by atoms with Gasteiger partial charge in [-0.25, -0.2) is 22.7 Å². The number of benzene rings is 1. The molecule has 0 bridgehead atoms. The van der Waals surface area contributed by atoms with Gasteiger partial charge in [0.25, 0.3) is 0 Å². The van der Waals surface area contributed by atoms with Crippen LogP contribution in [0.4, 0.5) is 15.3 Å². The van der Waals surface area contributed by atoms with E-state index in [0.29, 0.717) is 26.2 Å². The molecule has 3 amide bonds. The molecular weight excluding hydrogens is 456 g/mol. The molecule has 2 aliphatic carbocycles. The number of urea groups is 1. The van der Waals surface area contributed by atoms with Crippen LogP contribution in [0, 0.1) is 0 Å². The van der Waals surface area contributed by atoms with Crippen LogP contribution < -0.4 is 10.0 Å². The Kier molecular flexibility index (Phi) is 5.79. The fourth-order valence-corrected chi connectivity index (χ4v) is 6.70. The summed E-state index contributed by atoms with van der Waals surface area (Å²) in [5, 5.41) is 2.26. The summed E-state index contributed by atoms with van der Waals surface area (Å²) in [5.74, 6) is 0. The van der Waals surface area contributed by atoms with E-state index in [1.807, 2.05) is 25.7 Å². The molecule has 2 saturated heterocycles. The van der Waals surface area contributed by atoms with E-state index in [9.17, 15) is 18.0 Å². The Labute approximate surface area is 201 Å². The van der Waals surface area contributed by atoms with Crippen molar-refractivity contribution in [1.29, 1.82) is 0 Å². The van der Waals surface area contributed by atoms with Gasteiger partial charge in [0.1, 0.15) is 10.9 Å². The highest BCUT2D eigenvalue weighted by Crippen LogP contribution is 2.38. The van der Waals surface area contributed by atoms with Gasteiger partial charge in [0.15, 0.2) is 0 Å². The molecule has 9 nitrogen and oxygen atoms in total. The predicted molar refractivity (Wildman–Crippen MR) is 129 cm³/mol. The Balaban J connectivity index is 1.13. The van der Waals surface area contributed by atoms with Crippen LogP contribution in [-0.4, -0.2) is 73.4 Å². The monoisotopic (exact) mass is 490 g/mol. The Hall–Kier alpha value is -2.33. The number of ether oxygens (including phenoxy) is 1. The molecule has 0 unspecified atom stereocenters. The molecule has 34 heavy (non-hydrogen) atoms. The molecule has 1 aromatic rings. The number of hydrogen-bond acceptors (Lipinski definition) is 6. The maximum Gasteiger partial charge on any atom is 0.410 e. The normalized spacial score (nSPS) is 20.9. The molecule has 2 fully saturated rings. The summed E-state index contributed by atoms with van der Waals surface area (Å²) in [6.07, 6.45) is 5.66. The zero-order valence-corrected chi connectivity index (χ0v) is 21.0. The van der Waals surface area contributed by atoms with Gasteiger partial charge >= 0.3 is 12.1 Å². The fourth-order valence-electron chi connectivity index (χ4n) is 5.44. The van der Waals surface area contributed by atoms with E-state index in [1.165, 1.54) is 22.3 Å². The minimum absolute atomic E-state index is 0.127. The average Bonchev–Trinajstić information content (AvgIpc) is 3.28. The topological polar surface area (TPSA) is 108 Å². The molecular formula is C24H34N4O5S. The van der Waals surface area contributed by atoms with E-state index in [-0.39, 0.29) is 12.1 Å². The standard InChI is InChI=1S/C24H34N4O5S/c1-24(2,3)33-23(30)28-11-17(12-28)27-13-18(14-27)34(31,32)26-22(29)25-21-19-8-4-6-15(19)10-16-7-5-9-20(16)21/h10,17-18H,4-9,11-14H2,1-3H3,(H2,25,26,29). The van der Waals surface area contributed by atoms with Gasteiger partial charge in [-0.05, 0) is 81.5 Å². The first kappa shape index (κ1) is 23.4. The Morgan fingerprint density at radius 2 is 1.56 bits per heavy atom.